The lowest BCUT2D eigenvalue weighted by Crippen LogP contribution is -2.32. The van der Waals surface area contributed by atoms with Crippen LogP contribution in [0.1, 0.15) is 38.1 Å². The van der Waals surface area contributed by atoms with Crippen LogP contribution in [0.15, 0.2) is 11.1 Å². The summed E-state index contributed by atoms with van der Waals surface area (Å²) in [6.45, 7) is 6.77. The van der Waals surface area contributed by atoms with Gasteiger partial charge in [0.05, 0.1) is 28.4 Å². The molecule has 0 radical (unpaired) electrons. The van der Waals surface area contributed by atoms with Crippen LogP contribution in [-0.4, -0.2) is 47.3 Å². The summed E-state index contributed by atoms with van der Waals surface area (Å²) >= 11 is 1.57. The van der Waals surface area contributed by atoms with Crippen molar-refractivity contribution in [2.75, 3.05) is 13.2 Å². The van der Waals surface area contributed by atoms with Gasteiger partial charge < -0.3 is 9.84 Å². The zero-order valence-electron chi connectivity index (χ0n) is 14.9. The highest BCUT2D eigenvalue weighted by Crippen LogP contribution is 2.23. The van der Waals surface area contributed by atoms with Crippen molar-refractivity contribution < 1.29 is 28.2 Å². The maximum atomic E-state index is 13.9. The third-order valence-electron chi connectivity index (χ3n) is 3.56. The highest BCUT2D eigenvalue weighted by molar-refractivity contribution is 14.1. The van der Waals surface area contributed by atoms with Crippen molar-refractivity contribution in [3.8, 4) is 0 Å². The molecule has 0 aliphatic carbocycles. The van der Waals surface area contributed by atoms with Crippen LogP contribution in [0, 0.1) is 26.8 Å². The van der Waals surface area contributed by atoms with Gasteiger partial charge in [0.15, 0.2) is 11.7 Å². The Morgan fingerprint density at radius 1 is 1.38 bits per heavy atom. The van der Waals surface area contributed by atoms with Crippen molar-refractivity contribution in [2.24, 2.45) is 16.3 Å². The van der Waals surface area contributed by atoms with E-state index >= 15 is 0 Å². The fourth-order valence-electron chi connectivity index (χ4n) is 1.99. The van der Waals surface area contributed by atoms with Gasteiger partial charge in [0, 0.05) is 6.21 Å². The fourth-order valence-corrected chi connectivity index (χ4v) is 2.42. The summed E-state index contributed by atoms with van der Waals surface area (Å²) < 4.78 is 32.1. The number of carbonyl (C=O) groups excluding carboxylic acids is 2. The van der Waals surface area contributed by atoms with E-state index in [9.17, 15) is 23.5 Å². The first-order chi connectivity index (χ1) is 12.0. The quantitative estimate of drug-likeness (QED) is 0.161. The molecule has 9 heteroatoms. The molecule has 0 aliphatic heterocycles. The summed E-state index contributed by atoms with van der Waals surface area (Å²) in [5, 5.41) is 9.46. The number of hydrogen-bond acceptors (Lipinski definition) is 6. The number of ketones is 1. The van der Waals surface area contributed by atoms with Gasteiger partial charge in [-0.3, -0.25) is 14.6 Å². The number of esters is 1. The lowest BCUT2D eigenvalue weighted by Gasteiger charge is -2.25. The van der Waals surface area contributed by atoms with E-state index in [0.717, 1.165) is 12.3 Å². The Kier molecular flexibility index (Phi) is 8.19. The standard InChI is InChI=1S/C17H21F2IN2O4/c1-5-26-16(25)10(7-21-12(8-23)17(2,3)4)13(24)9-6-11(20)15(19)22-14(9)18/h6-7,10,12,23H,5,8H2,1-4H3/t10?,12-/m1/s1. The topological polar surface area (TPSA) is 88.9 Å². The molecule has 0 aliphatic rings. The Bertz CT molecular complexity index is 705. The van der Waals surface area contributed by atoms with Crippen LogP contribution in [-0.2, 0) is 9.53 Å². The maximum absolute atomic E-state index is 13.9. The summed E-state index contributed by atoms with van der Waals surface area (Å²) in [6, 6.07) is 0.400. The number of ether oxygens (including phenoxy) is 1. The van der Waals surface area contributed by atoms with Gasteiger partial charge in [-0.2, -0.15) is 13.8 Å². The Hall–Kier alpha value is -1.49. The van der Waals surface area contributed by atoms with E-state index in [1.54, 1.807) is 29.5 Å². The number of rotatable bonds is 7. The lowest BCUT2D eigenvalue weighted by molar-refractivity contribution is -0.144. The minimum atomic E-state index is -1.52. The molecule has 0 amide bonds. The van der Waals surface area contributed by atoms with E-state index in [1.165, 1.54) is 0 Å². The Morgan fingerprint density at radius 2 is 2.00 bits per heavy atom. The van der Waals surface area contributed by atoms with Crippen LogP contribution in [0.4, 0.5) is 8.78 Å². The maximum Gasteiger partial charge on any atom is 0.322 e. The second-order valence-corrected chi connectivity index (χ2v) is 7.72. The molecule has 1 N–H and O–H groups in total. The number of Topliss-reactive ketones (excluding diaryl/α,β-unsaturated/α-hetero) is 1. The first-order valence-corrected chi connectivity index (χ1v) is 8.97. The molecule has 144 valence electrons. The SMILES string of the molecule is CCOC(=O)C(C=N[C@H](CO)C(C)(C)C)C(=O)c1cc(I)c(F)nc1F. The molecular weight excluding hydrogens is 461 g/mol. The van der Waals surface area contributed by atoms with Crippen molar-refractivity contribution in [2.45, 2.75) is 33.7 Å². The number of hydrogen-bond donors (Lipinski definition) is 1. The van der Waals surface area contributed by atoms with E-state index in [4.69, 9.17) is 4.74 Å². The number of carbonyl (C=O) groups is 2. The number of aliphatic imine (C=N–C) groups is 1. The largest absolute Gasteiger partial charge is 0.465 e. The van der Waals surface area contributed by atoms with Crippen molar-refractivity contribution in [1.82, 2.24) is 4.98 Å². The van der Waals surface area contributed by atoms with Crippen molar-refractivity contribution >= 4 is 40.6 Å². The molecule has 0 fully saturated rings. The minimum Gasteiger partial charge on any atom is -0.465 e. The summed E-state index contributed by atoms with van der Waals surface area (Å²) in [6.07, 6.45) is 1.04. The highest BCUT2D eigenvalue weighted by Gasteiger charge is 2.32. The third kappa shape index (κ3) is 5.76. The molecule has 1 aromatic rings. The highest BCUT2D eigenvalue weighted by atomic mass is 127. The number of aliphatic hydroxyl groups is 1. The number of aliphatic hydroxyl groups excluding tert-OH is 1. The van der Waals surface area contributed by atoms with Gasteiger partial charge in [-0.25, -0.2) is 0 Å². The average Bonchev–Trinajstić information content (AvgIpc) is 2.53. The van der Waals surface area contributed by atoms with Crippen LogP contribution >= 0.6 is 22.6 Å². The molecule has 0 saturated carbocycles. The van der Waals surface area contributed by atoms with Crippen LogP contribution in [0.25, 0.3) is 0 Å². The normalized spacial score (nSPS) is 14.3. The van der Waals surface area contributed by atoms with Crippen molar-refractivity contribution in [3.05, 3.63) is 27.1 Å². The van der Waals surface area contributed by atoms with Gasteiger partial charge in [-0.05, 0) is 41.0 Å². The molecule has 1 heterocycles. The number of aromatic nitrogens is 1. The van der Waals surface area contributed by atoms with Crippen LogP contribution in [0.5, 0.6) is 0 Å². The summed E-state index contributed by atoms with van der Waals surface area (Å²) in [7, 11) is 0. The van der Waals surface area contributed by atoms with E-state index in [0.29, 0.717) is 0 Å². The van der Waals surface area contributed by atoms with Crippen LogP contribution in [0.3, 0.4) is 0 Å². The molecule has 1 rings (SSSR count). The molecule has 2 atom stereocenters. The summed E-state index contributed by atoms with van der Waals surface area (Å²) in [4.78, 5) is 31.9. The van der Waals surface area contributed by atoms with Crippen LogP contribution < -0.4 is 0 Å². The van der Waals surface area contributed by atoms with Gasteiger partial charge in [-0.15, -0.1) is 0 Å². The number of nitrogens with zero attached hydrogens (tertiary/aromatic N) is 2. The monoisotopic (exact) mass is 482 g/mol. The molecule has 1 aromatic heterocycles. The van der Waals surface area contributed by atoms with Gasteiger partial charge in [0.2, 0.25) is 11.9 Å². The van der Waals surface area contributed by atoms with Crippen LogP contribution in [0.2, 0.25) is 0 Å². The lowest BCUT2D eigenvalue weighted by atomic mass is 9.87. The average molecular weight is 482 g/mol. The molecule has 0 bridgehead atoms. The van der Waals surface area contributed by atoms with E-state index in [2.05, 4.69) is 9.98 Å². The molecular formula is C17H21F2IN2O4. The summed E-state index contributed by atoms with van der Waals surface area (Å²) in [5.41, 5.74) is -0.956. The Labute approximate surface area is 164 Å². The second-order valence-electron chi connectivity index (χ2n) is 6.56. The zero-order valence-corrected chi connectivity index (χ0v) is 17.1. The van der Waals surface area contributed by atoms with Gasteiger partial charge in [0.1, 0.15) is 0 Å². The Morgan fingerprint density at radius 3 is 2.50 bits per heavy atom. The molecule has 26 heavy (non-hydrogen) atoms. The molecule has 0 spiro atoms. The third-order valence-corrected chi connectivity index (χ3v) is 4.32. The minimum absolute atomic E-state index is 0.0147. The molecule has 0 saturated heterocycles. The fraction of sp³-hybridized carbons (Fsp3) is 0.529. The molecule has 0 aromatic carbocycles. The van der Waals surface area contributed by atoms with Crippen molar-refractivity contribution in [3.63, 3.8) is 0 Å². The van der Waals surface area contributed by atoms with E-state index in [-0.39, 0.29) is 16.8 Å². The summed E-state index contributed by atoms with van der Waals surface area (Å²) in [5.74, 6) is -5.74. The predicted molar refractivity (Wildman–Crippen MR) is 100 cm³/mol. The number of pyridine rings is 1. The predicted octanol–water partition coefficient (Wildman–Crippen LogP) is 2.80. The van der Waals surface area contributed by atoms with E-state index < -0.39 is 46.6 Å². The first-order valence-electron chi connectivity index (χ1n) is 7.89. The zero-order chi connectivity index (χ0) is 20.1. The van der Waals surface area contributed by atoms with Gasteiger partial charge >= 0.3 is 5.97 Å². The number of halogens is 3. The van der Waals surface area contributed by atoms with Gasteiger partial charge in [0.25, 0.3) is 0 Å². The molecule has 1 unspecified atom stereocenters. The van der Waals surface area contributed by atoms with Crippen molar-refractivity contribution in [1.29, 1.82) is 0 Å². The smallest absolute Gasteiger partial charge is 0.322 e. The molecule has 6 nitrogen and oxygen atoms in total. The van der Waals surface area contributed by atoms with Gasteiger partial charge in [-0.1, -0.05) is 20.8 Å². The first kappa shape index (κ1) is 22.6. The van der Waals surface area contributed by atoms with E-state index in [1.807, 2.05) is 20.8 Å². The second kappa shape index (κ2) is 9.45. The Balaban J connectivity index is 3.28.